The average Bonchev–Trinajstić information content (AvgIpc) is 2.74. The summed E-state index contributed by atoms with van der Waals surface area (Å²) in [4.78, 5) is 15.8. The zero-order valence-corrected chi connectivity index (χ0v) is 15.6. The number of aromatic nitrogens is 1. The molecule has 0 radical (unpaired) electrons. The molecule has 0 atom stereocenters. The van der Waals surface area contributed by atoms with E-state index in [1.807, 2.05) is 30.3 Å². The van der Waals surface area contributed by atoms with Gasteiger partial charge in [0, 0.05) is 11.8 Å². The highest BCUT2D eigenvalue weighted by atomic mass is 16.5. The van der Waals surface area contributed by atoms with Crippen LogP contribution in [-0.4, -0.2) is 24.7 Å². The highest BCUT2D eigenvalue weighted by Gasteiger charge is 2.07. The second-order valence-corrected chi connectivity index (χ2v) is 6.23. The third kappa shape index (κ3) is 4.73. The minimum absolute atomic E-state index is 0.383. The first-order valence-corrected chi connectivity index (χ1v) is 9.09. The van der Waals surface area contributed by atoms with Crippen LogP contribution in [0, 0.1) is 0 Å². The van der Waals surface area contributed by atoms with E-state index in [0.29, 0.717) is 5.56 Å². The molecule has 0 aliphatic carbocycles. The molecule has 0 N–H and O–H groups in total. The number of methoxy groups -OCH3 is 1. The first-order valence-electron chi connectivity index (χ1n) is 9.09. The molecule has 1 heterocycles. The molecule has 138 valence electrons. The van der Waals surface area contributed by atoms with Gasteiger partial charge in [-0.05, 0) is 41.8 Å². The Labute approximate surface area is 159 Å². The molecule has 0 saturated heterocycles. The van der Waals surface area contributed by atoms with Crippen molar-refractivity contribution in [3.8, 4) is 28.1 Å². The molecule has 3 rings (SSSR count). The van der Waals surface area contributed by atoms with Crippen LogP contribution >= 0.6 is 0 Å². The van der Waals surface area contributed by atoms with Crippen LogP contribution in [-0.2, 0) is 4.74 Å². The molecule has 27 heavy (non-hydrogen) atoms. The highest BCUT2D eigenvalue weighted by Crippen LogP contribution is 2.25. The lowest BCUT2D eigenvalue weighted by Crippen LogP contribution is -2.01. The molecule has 0 saturated carbocycles. The topological polar surface area (TPSA) is 48.4 Å². The Bertz CT molecular complexity index is 869. The van der Waals surface area contributed by atoms with Gasteiger partial charge in [0.15, 0.2) is 0 Å². The van der Waals surface area contributed by atoms with Crippen LogP contribution in [0.4, 0.5) is 0 Å². The van der Waals surface area contributed by atoms with Gasteiger partial charge < -0.3 is 9.47 Å². The summed E-state index contributed by atoms with van der Waals surface area (Å²) in [5.41, 5.74) is 4.52. The van der Waals surface area contributed by atoms with Gasteiger partial charge in [0.25, 0.3) is 0 Å². The zero-order valence-electron chi connectivity index (χ0n) is 15.6. The second-order valence-electron chi connectivity index (χ2n) is 6.23. The molecule has 4 nitrogen and oxygen atoms in total. The van der Waals surface area contributed by atoms with E-state index in [0.717, 1.165) is 47.6 Å². The van der Waals surface area contributed by atoms with Gasteiger partial charge >= 0.3 is 5.97 Å². The van der Waals surface area contributed by atoms with Crippen molar-refractivity contribution in [1.82, 2.24) is 4.98 Å². The summed E-state index contributed by atoms with van der Waals surface area (Å²) >= 11 is 0. The Balaban J connectivity index is 1.70. The third-order valence-corrected chi connectivity index (χ3v) is 4.32. The van der Waals surface area contributed by atoms with Crippen molar-refractivity contribution in [1.29, 1.82) is 0 Å². The van der Waals surface area contributed by atoms with E-state index in [1.54, 1.807) is 6.07 Å². The Kier molecular flexibility index (Phi) is 6.21. The van der Waals surface area contributed by atoms with E-state index in [9.17, 15) is 4.79 Å². The number of unbranched alkanes of at least 4 members (excludes halogenated alkanes) is 1. The fourth-order valence-electron chi connectivity index (χ4n) is 2.71. The van der Waals surface area contributed by atoms with Gasteiger partial charge in [-0.1, -0.05) is 49.7 Å². The van der Waals surface area contributed by atoms with Crippen molar-refractivity contribution in [2.75, 3.05) is 13.7 Å². The van der Waals surface area contributed by atoms with Crippen molar-refractivity contribution in [3.63, 3.8) is 0 Å². The van der Waals surface area contributed by atoms with E-state index in [2.05, 4.69) is 36.2 Å². The Morgan fingerprint density at radius 1 is 0.889 bits per heavy atom. The Hall–Kier alpha value is -3.14. The summed E-state index contributed by atoms with van der Waals surface area (Å²) in [6.45, 7) is 2.91. The second kappa shape index (κ2) is 8.99. The smallest absolute Gasteiger partial charge is 0.339 e. The first-order chi connectivity index (χ1) is 13.2. The Morgan fingerprint density at radius 2 is 1.52 bits per heavy atom. The number of rotatable bonds is 7. The minimum Gasteiger partial charge on any atom is -0.494 e. The van der Waals surface area contributed by atoms with Gasteiger partial charge in [0.05, 0.1) is 25.0 Å². The van der Waals surface area contributed by atoms with Crippen LogP contribution in [0.2, 0.25) is 0 Å². The maximum Gasteiger partial charge on any atom is 0.339 e. The molecule has 0 spiro atoms. The predicted octanol–water partition coefficient (Wildman–Crippen LogP) is 5.38. The number of hydrogen-bond donors (Lipinski definition) is 0. The van der Waals surface area contributed by atoms with E-state index >= 15 is 0 Å². The van der Waals surface area contributed by atoms with Gasteiger partial charge in [-0.2, -0.15) is 0 Å². The molecule has 1 aromatic heterocycles. The molecule has 3 aromatic rings. The molecular weight excluding hydrogens is 338 g/mol. The summed E-state index contributed by atoms with van der Waals surface area (Å²) in [6.07, 6.45) is 3.73. The average molecular weight is 361 g/mol. The summed E-state index contributed by atoms with van der Waals surface area (Å²) in [5, 5.41) is 0. The van der Waals surface area contributed by atoms with Gasteiger partial charge in [-0.3, -0.25) is 4.98 Å². The Morgan fingerprint density at radius 3 is 2.07 bits per heavy atom. The number of ether oxygens (including phenoxy) is 2. The lowest BCUT2D eigenvalue weighted by atomic mass is 10.0. The largest absolute Gasteiger partial charge is 0.494 e. The van der Waals surface area contributed by atoms with Gasteiger partial charge in [0.1, 0.15) is 5.75 Å². The molecule has 0 fully saturated rings. The molecule has 0 aliphatic heterocycles. The zero-order chi connectivity index (χ0) is 19.1. The van der Waals surface area contributed by atoms with Crippen molar-refractivity contribution < 1.29 is 14.3 Å². The summed E-state index contributed by atoms with van der Waals surface area (Å²) < 4.78 is 10.4. The van der Waals surface area contributed by atoms with Crippen molar-refractivity contribution in [3.05, 3.63) is 72.4 Å². The fraction of sp³-hybridized carbons (Fsp3) is 0.217. The standard InChI is InChI=1S/C23H23NO3/c1-3-4-15-27-21-12-9-18(10-13-21)17-5-7-19(8-6-17)22-14-11-20(16-24-22)23(25)26-2/h5-14,16H,3-4,15H2,1-2H3. The maximum atomic E-state index is 11.5. The minimum atomic E-state index is -0.383. The molecule has 4 heteroatoms. The van der Waals surface area contributed by atoms with E-state index in [1.165, 1.54) is 13.3 Å². The van der Waals surface area contributed by atoms with E-state index in [-0.39, 0.29) is 5.97 Å². The number of nitrogens with zero attached hydrogens (tertiary/aromatic N) is 1. The monoisotopic (exact) mass is 361 g/mol. The van der Waals surface area contributed by atoms with Crippen LogP contribution in [0.25, 0.3) is 22.4 Å². The highest BCUT2D eigenvalue weighted by molar-refractivity contribution is 5.89. The molecule has 0 bridgehead atoms. The number of pyridine rings is 1. The summed E-state index contributed by atoms with van der Waals surface area (Å²) in [7, 11) is 1.36. The lowest BCUT2D eigenvalue weighted by Gasteiger charge is -2.08. The molecular formula is C23H23NO3. The van der Waals surface area contributed by atoms with Crippen LogP contribution in [0.5, 0.6) is 5.75 Å². The molecule has 0 aliphatic rings. The molecule has 0 amide bonds. The predicted molar refractivity (Wildman–Crippen MR) is 107 cm³/mol. The molecule has 2 aromatic carbocycles. The summed E-state index contributed by atoms with van der Waals surface area (Å²) in [5.74, 6) is 0.519. The third-order valence-electron chi connectivity index (χ3n) is 4.32. The maximum absolute atomic E-state index is 11.5. The van der Waals surface area contributed by atoms with Gasteiger partial charge in [-0.15, -0.1) is 0 Å². The van der Waals surface area contributed by atoms with Gasteiger partial charge in [0.2, 0.25) is 0 Å². The van der Waals surface area contributed by atoms with Crippen molar-refractivity contribution in [2.24, 2.45) is 0 Å². The molecule has 0 unspecified atom stereocenters. The van der Waals surface area contributed by atoms with Crippen LogP contribution < -0.4 is 4.74 Å². The van der Waals surface area contributed by atoms with Crippen LogP contribution in [0.15, 0.2) is 66.9 Å². The normalized spacial score (nSPS) is 10.4. The number of esters is 1. The van der Waals surface area contributed by atoms with Gasteiger partial charge in [-0.25, -0.2) is 4.79 Å². The summed E-state index contributed by atoms with van der Waals surface area (Å²) in [6, 6.07) is 19.9. The van der Waals surface area contributed by atoms with Crippen LogP contribution in [0.3, 0.4) is 0 Å². The van der Waals surface area contributed by atoms with Crippen molar-refractivity contribution >= 4 is 5.97 Å². The van der Waals surface area contributed by atoms with E-state index < -0.39 is 0 Å². The number of hydrogen-bond acceptors (Lipinski definition) is 4. The number of benzene rings is 2. The van der Waals surface area contributed by atoms with E-state index in [4.69, 9.17) is 9.47 Å². The lowest BCUT2D eigenvalue weighted by molar-refractivity contribution is 0.0600. The fourth-order valence-corrected chi connectivity index (χ4v) is 2.71. The first kappa shape index (κ1) is 18.6. The SMILES string of the molecule is CCCCOc1ccc(-c2ccc(-c3ccc(C(=O)OC)cn3)cc2)cc1. The van der Waals surface area contributed by atoms with Crippen LogP contribution in [0.1, 0.15) is 30.1 Å². The number of carbonyl (C=O) groups is 1. The number of carbonyl (C=O) groups excluding carboxylic acids is 1. The quantitative estimate of drug-likeness (QED) is 0.419. The van der Waals surface area contributed by atoms with Crippen molar-refractivity contribution in [2.45, 2.75) is 19.8 Å².